The summed E-state index contributed by atoms with van der Waals surface area (Å²) in [6.07, 6.45) is 76.7. The first-order chi connectivity index (χ1) is 55.0. The van der Waals surface area contributed by atoms with Gasteiger partial charge in [-0.15, -0.1) is 0 Å². The molecule has 0 N–H and O–H groups in total. The summed E-state index contributed by atoms with van der Waals surface area (Å²) < 4.78 is 8.13. The van der Waals surface area contributed by atoms with Gasteiger partial charge in [0.2, 0.25) is 0 Å². The monoisotopic (exact) mass is 1440 g/mol. The van der Waals surface area contributed by atoms with Gasteiger partial charge in [-0.2, -0.15) is 0 Å². The highest BCUT2D eigenvalue weighted by atomic mass is 15.2. The van der Waals surface area contributed by atoms with E-state index in [0.717, 1.165) is 76.6 Å². The van der Waals surface area contributed by atoms with Crippen molar-refractivity contribution in [2.24, 2.45) is 17.8 Å². The van der Waals surface area contributed by atoms with Gasteiger partial charge in [-0.1, -0.05) is 247 Å². The van der Waals surface area contributed by atoms with E-state index in [2.05, 4.69) is 292 Å². The second-order valence-electron chi connectivity index (χ2n) is 34.2. The summed E-state index contributed by atoms with van der Waals surface area (Å²) in [5.41, 5.74) is 41.1. The van der Waals surface area contributed by atoms with Crippen LogP contribution < -0.4 is 4.90 Å². The zero-order valence-electron chi connectivity index (χ0n) is 64.1. The van der Waals surface area contributed by atoms with Crippen LogP contribution in [-0.4, -0.2) is 26.8 Å². The van der Waals surface area contributed by atoms with Crippen LogP contribution in [-0.2, 0) is 0 Å². The van der Waals surface area contributed by atoms with Gasteiger partial charge < -0.3 is 18.6 Å². The molecule has 4 heteroatoms. The van der Waals surface area contributed by atoms with Crippen molar-refractivity contribution in [3.05, 3.63) is 333 Å². The number of anilines is 1. The maximum Gasteiger partial charge on any atom is 0.0709 e. The number of hydrogen-bond acceptors (Lipinski definition) is 1. The first-order valence-corrected chi connectivity index (χ1v) is 42.6. The molecule has 111 heavy (non-hydrogen) atoms. The van der Waals surface area contributed by atoms with Crippen molar-refractivity contribution in [3.63, 3.8) is 0 Å². The lowest BCUT2D eigenvalue weighted by molar-refractivity contribution is 0.496. The molecule has 5 heterocycles. The molecule has 546 valence electrons. The minimum absolute atomic E-state index is 0.310. The minimum atomic E-state index is 0.310. The SMILES string of the molecule is C1=CC(c2ccccc2-c2ccc3c(c2)c2c(n3-c3cc(-n4c5c(c6cc(-c7ccccc7/C7=C/C=C\C=C8\CCCCC7C8)ccc64)C4CCCCC4=CC=C5)cc(-n4c5c(c6cc(-c7ccccc7C7=C8CCCC(/C=C\C=C7)C8)ccc64)N4CCC/C(=C/C=C5)C4)c3)/C=C\C=C3\CCCC2C3)=C2CCCC2C=C1. The molecular weight excluding hydrogens is 1340 g/mol. The Kier molecular flexibility index (Phi) is 17.0. The zero-order valence-corrected chi connectivity index (χ0v) is 64.1. The van der Waals surface area contributed by atoms with E-state index in [-0.39, 0.29) is 0 Å². The van der Waals surface area contributed by atoms with Crippen molar-refractivity contribution < 1.29 is 0 Å². The van der Waals surface area contributed by atoms with Crippen LogP contribution in [0.15, 0.2) is 288 Å². The topological polar surface area (TPSA) is 18.0 Å². The molecule has 4 nitrogen and oxygen atoms in total. The molecule has 22 rings (SSSR count). The molecule has 0 amide bonds. The molecule has 5 unspecified atom stereocenters. The van der Waals surface area contributed by atoms with Crippen LogP contribution in [0.5, 0.6) is 0 Å². The first kappa shape index (κ1) is 67.0. The summed E-state index contributed by atoms with van der Waals surface area (Å²) >= 11 is 0. The Balaban J connectivity index is 0.803. The fourth-order valence-electron chi connectivity index (χ4n) is 22.8. The van der Waals surface area contributed by atoms with Gasteiger partial charge in [0, 0.05) is 35.2 Å². The zero-order chi connectivity index (χ0) is 73.0. The van der Waals surface area contributed by atoms with Crippen molar-refractivity contribution in [2.45, 2.75) is 153 Å². The van der Waals surface area contributed by atoms with Crippen LogP contribution in [0.3, 0.4) is 0 Å². The van der Waals surface area contributed by atoms with Crippen molar-refractivity contribution in [1.82, 2.24) is 13.7 Å². The van der Waals surface area contributed by atoms with Crippen molar-refractivity contribution in [1.29, 1.82) is 0 Å². The minimum Gasteiger partial charge on any atom is -0.365 e. The van der Waals surface area contributed by atoms with E-state index in [0.29, 0.717) is 29.6 Å². The molecule has 5 atom stereocenters. The van der Waals surface area contributed by atoms with Crippen LogP contribution in [0.1, 0.15) is 198 Å². The largest absolute Gasteiger partial charge is 0.365 e. The third kappa shape index (κ3) is 11.7. The second-order valence-corrected chi connectivity index (χ2v) is 34.2. The molecule has 12 aliphatic rings. The van der Waals surface area contributed by atoms with Crippen molar-refractivity contribution in [3.8, 4) is 50.4 Å². The summed E-state index contributed by atoms with van der Waals surface area (Å²) in [4.78, 5) is 2.75. The number of aromatic nitrogens is 3. The van der Waals surface area contributed by atoms with Crippen LogP contribution in [0.25, 0.3) is 118 Å². The van der Waals surface area contributed by atoms with Gasteiger partial charge in [0.15, 0.2) is 0 Å². The van der Waals surface area contributed by atoms with E-state index in [4.69, 9.17) is 0 Å². The molecule has 0 spiro atoms. The highest BCUT2D eigenvalue weighted by Crippen LogP contribution is 2.53. The number of piperidine rings is 1. The Bertz CT molecular complexity index is 6070. The highest BCUT2D eigenvalue weighted by molar-refractivity contribution is 6.05. The molecule has 5 saturated carbocycles. The van der Waals surface area contributed by atoms with Gasteiger partial charge >= 0.3 is 0 Å². The Hall–Kier alpha value is -10.9. The molecular formula is C107H98N4. The third-order valence-corrected chi connectivity index (χ3v) is 27.8. The summed E-state index contributed by atoms with van der Waals surface area (Å²) in [5.74, 6) is 2.29. The molecule has 6 fully saturated rings. The Morgan fingerprint density at radius 3 is 1.66 bits per heavy atom. The van der Waals surface area contributed by atoms with E-state index in [1.807, 2.05) is 0 Å². The Morgan fingerprint density at radius 2 is 0.892 bits per heavy atom. The third-order valence-electron chi connectivity index (χ3n) is 27.8. The summed E-state index contributed by atoms with van der Waals surface area (Å²) in [6.45, 7) is 1.93. The van der Waals surface area contributed by atoms with E-state index in [1.54, 1.807) is 27.9 Å². The smallest absolute Gasteiger partial charge is 0.0709 e. The van der Waals surface area contributed by atoms with Crippen molar-refractivity contribution >= 4 is 73.3 Å². The predicted molar refractivity (Wildman–Crippen MR) is 470 cm³/mol. The van der Waals surface area contributed by atoms with Gasteiger partial charge in [-0.25, -0.2) is 0 Å². The fourth-order valence-corrected chi connectivity index (χ4v) is 22.8. The summed E-state index contributed by atoms with van der Waals surface area (Å²) in [7, 11) is 0. The lowest BCUT2D eigenvalue weighted by Gasteiger charge is -2.32. The van der Waals surface area contributed by atoms with Crippen LogP contribution in [0, 0.1) is 17.8 Å². The van der Waals surface area contributed by atoms with Crippen LogP contribution >= 0.6 is 0 Å². The number of fused-ring (bicyclic) bond motifs is 22. The molecule has 10 aliphatic carbocycles. The highest BCUT2D eigenvalue weighted by Gasteiger charge is 2.35. The van der Waals surface area contributed by atoms with Gasteiger partial charge in [0.25, 0.3) is 0 Å². The van der Waals surface area contributed by atoms with Crippen LogP contribution in [0.4, 0.5) is 5.69 Å². The fraction of sp³-hybridized carbons (Fsp3) is 0.271. The van der Waals surface area contributed by atoms with Crippen LogP contribution in [0.2, 0.25) is 0 Å². The quantitative estimate of drug-likeness (QED) is 0.141. The Labute approximate surface area is 655 Å². The average molecular weight is 1440 g/mol. The summed E-state index contributed by atoms with van der Waals surface area (Å²) in [6, 6.07) is 58.7. The van der Waals surface area contributed by atoms with E-state index >= 15 is 0 Å². The molecule has 0 radical (unpaired) electrons. The molecule has 1 saturated heterocycles. The van der Waals surface area contributed by atoms with E-state index < -0.39 is 0 Å². The predicted octanol–water partition coefficient (Wildman–Crippen LogP) is 28.5. The van der Waals surface area contributed by atoms with Crippen molar-refractivity contribution in [2.75, 3.05) is 18.0 Å². The second kappa shape index (κ2) is 28.1. The van der Waals surface area contributed by atoms with Gasteiger partial charge in [0.05, 0.1) is 56.4 Å². The number of nitrogens with zero attached hydrogens (tertiary/aromatic N) is 4. The van der Waals surface area contributed by atoms with Gasteiger partial charge in [-0.3, -0.25) is 0 Å². The number of hydrogen-bond donors (Lipinski definition) is 0. The van der Waals surface area contributed by atoms with Gasteiger partial charge in [-0.05, 0) is 303 Å². The first-order valence-electron chi connectivity index (χ1n) is 42.6. The maximum absolute atomic E-state index is 2.75. The number of rotatable bonds is 9. The Morgan fingerprint density at radius 1 is 0.342 bits per heavy atom. The lowest BCUT2D eigenvalue weighted by Crippen LogP contribution is -2.31. The maximum atomic E-state index is 2.75. The summed E-state index contributed by atoms with van der Waals surface area (Å²) in [5, 5.41) is 4.05. The van der Waals surface area contributed by atoms with E-state index in [1.165, 1.54) is 234 Å². The van der Waals surface area contributed by atoms with E-state index in [9.17, 15) is 0 Å². The molecule has 2 aliphatic heterocycles. The number of benzene rings is 7. The molecule has 8 bridgehead atoms. The average Bonchev–Trinajstić information content (AvgIpc) is 1.57. The molecule has 3 aromatic heterocycles. The normalized spacial score (nSPS) is 25.2. The molecule has 7 aromatic carbocycles. The van der Waals surface area contributed by atoms with Gasteiger partial charge in [0.1, 0.15) is 0 Å². The molecule has 10 aromatic rings. The number of allylic oxidation sites excluding steroid dienone is 26. The lowest BCUT2D eigenvalue weighted by atomic mass is 9.78. The standard InChI is InChI=1S/C107H98N4/c1-4-34-76-60-70(24-1)25-2-7-39-86(76)92-45-14-11-41-88(92)79-54-57-100-97(64-79)106-91-44-9-5-33-75(91)36-22-51-103(106)110(100)83-66-82(109-99-56-53-78(63-96(99)105-81-38-18-28-72(62-81)29-19-50-102(105)109)90-43-13-16-48-95(90)94-47-10-6-32-74-35-21-49-85(74)94)67-84(68-83)111-101-58-55-80(65-98(101)107-104(111)52-20-30-73-31-23-59-108(107)69-73)89-42-12-15-46-93(89)87-40-8-3-26-71-27-17-37-77(87)61-71/h2-3,6-8,10-16,19-20,22,25-26,29-30,32,36,39-43,45-48,50-58,63-68,71,74,76,81,91H,1,4-5,9,17-18,21,23-24,27-28,31,33-35,37-38,44,49,59-62,69H2/b7-2-,26-3-,40-8?,50-19-,52-20?,70-25-,72-29-,73-30-,86-39+,87-77?.